The Hall–Kier alpha value is -2.35. The maximum atomic E-state index is 12.6. The van der Waals surface area contributed by atoms with E-state index in [0.717, 1.165) is 12.1 Å². The van der Waals surface area contributed by atoms with E-state index >= 15 is 0 Å². The van der Waals surface area contributed by atoms with Crippen molar-refractivity contribution in [2.75, 3.05) is 23.8 Å². The van der Waals surface area contributed by atoms with Crippen molar-refractivity contribution >= 4 is 25.0 Å². The lowest BCUT2D eigenvalue weighted by molar-refractivity contribution is -0.137. The highest BCUT2D eigenvalue weighted by atomic mass is 31.2. The molecular formula is C19H22F3N2O4P. The summed E-state index contributed by atoms with van der Waals surface area (Å²) in [4.78, 5) is 12.0. The molecule has 2 N–H and O–H groups in total. The minimum Gasteiger partial charge on any atom is -0.309 e. The Morgan fingerprint density at radius 3 is 1.76 bits per heavy atom. The summed E-state index contributed by atoms with van der Waals surface area (Å²) >= 11 is 0. The Kier molecular flexibility index (Phi) is 7.84. The van der Waals surface area contributed by atoms with Crippen LogP contribution in [0, 0.1) is 0 Å². The van der Waals surface area contributed by atoms with E-state index in [2.05, 4.69) is 10.6 Å². The van der Waals surface area contributed by atoms with Gasteiger partial charge in [-0.1, -0.05) is 12.1 Å². The van der Waals surface area contributed by atoms with E-state index in [9.17, 15) is 22.5 Å². The number of carbonyl (C=O) groups excluding carboxylic acids is 1. The second-order valence-electron chi connectivity index (χ2n) is 5.96. The number of anilines is 2. The van der Waals surface area contributed by atoms with Gasteiger partial charge in [-0.05, 0) is 55.8 Å². The first-order valence-corrected chi connectivity index (χ1v) is 10.6. The maximum absolute atomic E-state index is 12.6. The van der Waals surface area contributed by atoms with Crippen LogP contribution < -0.4 is 10.6 Å². The Morgan fingerprint density at radius 1 is 0.897 bits per heavy atom. The maximum Gasteiger partial charge on any atom is 0.416 e. The highest BCUT2D eigenvalue weighted by Gasteiger charge is 2.30. The van der Waals surface area contributed by atoms with Gasteiger partial charge >= 0.3 is 19.8 Å². The Balaban J connectivity index is 1.95. The summed E-state index contributed by atoms with van der Waals surface area (Å²) in [5, 5.41) is 5.03. The van der Waals surface area contributed by atoms with E-state index in [1.165, 1.54) is 12.1 Å². The van der Waals surface area contributed by atoms with Gasteiger partial charge in [-0.3, -0.25) is 4.57 Å². The third-order valence-corrected chi connectivity index (χ3v) is 5.77. The molecule has 0 aliphatic rings. The van der Waals surface area contributed by atoms with Gasteiger partial charge in [0, 0.05) is 11.4 Å². The highest BCUT2D eigenvalue weighted by molar-refractivity contribution is 7.53. The zero-order chi connectivity index (χ0) is 21.5. The van der Waals surface area contributed by atoms with Crippen LogP contribution in [0.2, 0.25) is 0 Å². The second kappa shape index (κ2) is 9.91. The SMILES string of the molecule is CCOP(=O)(Cc1ccc(NC(=O)Nc2ccc(C(F)(F)F)cc2)cc1)OCC. The quantitative estimate of drug-likeness (QED) is 0.495. The van der Waals surface area contributed by atoms with E-state index in [-0.39, 0.29) is 25.1 Å². The van der Waals surface area contributed by atoms with Crippen molar-refractivity contribution in [3.63, 3.8) is 0 Å². The van der Waals surface area contributed by atoms with Crippen LogP contribution in [0.1, 0.15) is 25.0 Å². The summed E-state index contributed by atoms with van der Waals surface area (Å²) in [5.41, 5.74) is 0.599. The second-order valence-corrected chi connectivity index (χ2v) is 8.01. The number of rotatable bonds is 8. The molecule has 6 nitrogen and oxygen atoms in total. The van der Waals surface area contributed by atoms with Gasteiger partial charge in [0.25, 0.3) is 0 Å². The van der Waals surface area contributed by atoms with Crippen molar-refractivity contribution in [2.24, 2.45) is 0 Å². The van der Waals surface area contributed by atoms with Crippen LogP contribution in [0.4, 0.5) is 29.3 Å². The molecule has 2 amide bonds. The van der Waals surface area contributed by atoms with E-state index in [1.807, 2.05) is 0 Å². The predicted octanol–water partition coefficient (Wildman–Crippen LogP) is 6.12. The highest BCUT2D eigenvalue weighted by Crippen LogP contribution is 2.51. The molecule has 0 aliphatic carbocycles. The van der Waals surface area contributed by atoms with Crippen molar-refractivity contribution in [3.8, 4) is 0 Å². The fraction of sp³-hybridized carbons (Fsp3) is 0.316. The van der Waals surface area contributed by atoms with Gasteiger partial charge in [0.15, 0.2) is 0 Å². The summed E-state index contributed by atoms with van der Waals surface area (Å²) in [6, 6.07) is 10.1. The zero-order valence-corrected chi connectivity index (χ0v) is 16.8. The number of alkyl halides is 3. The Bertz CT molecular complexity index is 845. The van der Waals surface area contributed by atoms with E-state index in [1.54, 1.807) is 38.1 Å². The molecule has 158 valence electrons. The fourth-order valence-corrected chi connectivity index (χ4v) is 4.18. The number of hydrogen-bond acceptors (Lipinski definition) is 4. The summed E-state index contributed by atoms with van der Waals surface area (Å²) < 4.78 is 60.7. The lowest BCUT2D eigenvalue weighted by atomic mass is 10.2. The first-order chi connectivity index (χ1) is 13.6. The normalized spacial score (nSPS) is 11.9. The first kappa shape index (κ1) is 22.9. The molecule has 0 fully saturated rings. The molecular weight excluding hydrogens is 408 g/mol. The lowest BCUT2D eigenvalue weighted by Crippen LogP contribution is -2.19. The predicted molar refractivity (Wildman–Crippen MR) is 105 cm³/mol. The van der Waals surface area contributed by atoms with Gasteiger partial charge in [0.05, 0.1) is 24.9 Å². The van der Waals surface area contributed by atoms with Crippen molar-refractivity contribution in [3.05, 3.63) is 59.7 Å². The number of hydrogen-bond donors (Lipinski definition) is 2. The molecule has 0 aliphatic heterocycles. The fourth-order valence-electron chi connectivity index (χ4n) is 2.48. The average molecular weight is 430 g/mol. The molecule has 0 bridgehead atoms. The number of urea groups is 1. The van der Waals surface area contributed by atoms with Crippen LogP contribution in [-0.2, 0) is 26.0 Å². The van der Waals surface area contributed by atoms with Crippen LogP contribution in [0.5, 0.6) is 0 Å². The molecule has 0 unspecified atom stereocenters. The lowest BCUT2D eigenvalue weighted by Gasteiger charge is -2.17. The van der Waals surface area contributed by atoms with Gasteiger partial charge in [-0.2, -0.15) is 13.2 Å². The third-order valence-electron chi connectivity index (χ3n) is 3.71. The molecule has 0 atom stereocenters. The van der Waals surface area contributed by atoms with Crippen LogP contribution in [-0.4, -0.2) is 19.2 Å². The molecule has 0 saturated heterocycles. The van der Waals surface area contributed by atoms with Crippen LogP contribution >= 0.6 is 7.60 Å². The first-order valence-electron chi connectivity index (χ1n) is 8.87. The molecule has 0 heterocycles. The standard InChI is InChI=1S/C19H22F3N2O4P/c1-3-27-29(26,28-4-2)13-14-5-9-16(10-6-14)23-18(25)24-17-11-7-15(8-12-17)19(20,21)22/h5-12H,3-4,13H2,1-2H3,(H2,23,24,25). The smallest absolute Gasteiger partial charge is 0.309 e. The van der Waals surface area contributed by atoms with Gasteiger partial charge < -0.3 is 19.7 Å². The minimum absolute atomic E-state index is 0.104. The summed E-state index contributed by atoms with van der Waals surface area (Å²) in [6.45, 7) is 3.99. The summed E-state index contributed by atoms with van der Waals surface area (Å²) in [6.07, 6.45) is -4.33. The third kappa shape index (κ3) is 7.20. The summed E-state index contributed by atoms with van der Waals surface area (Å²) in [7, 11) is -3.23. The summed E-state index contributed by atoms with van der Waals surface area (Å²) in [5.74, 6) is 0. The van der Waals surface area contributed by atoms with Crippen LogP contribution in [0.3, 0.4) is 0 Å². The van der Waals surface area contributed by atoms with Gasteiger partial charge in [0.1, 0.15) is 0 Å². The Morgan fingerprint density at radius 2 is 1.34 bits per heavy atom. The number of benzene rings is 2. The monoisotopic (exact) mass is 430 g/mol. The topological polar surface area (TPSA) is 76.7 Å². The largest absolute Gasteiger partial charge is 0.416 e. The van der Waals surface area contributed by atoms with Crippen LogP contribution in [0.15, 0.2) is 48.5 Å². The molecule has 0 spiro atoms. The van der Waals surface area contributed by atoms with Crippen molar-refractivity contribution in [2.45, 2.75) is 26.2 Å². The van der Waals surface area contributed by atoms with Gasteiger partial charge in [-0.15, -0.1) is 0 Å². The minimum atomic E-state index is -4.43. The molecule has 29 heavy (non-hydrogen) atoms. The number of carbonyl (C=O) groups is 1. The molecule has 0 radical (unpaired) electrons. The van der Waals surface area contributed by atoms with E-state index < -0.39 is 25.4 Å². The van der Waals surface area contributed by atoms with Gasteiger partial charge in [-0.25, -0.2) is 4.79 Å². The number of halogens is 3. The van der Waals surface area contributed by atoms with Gasteiger partial charge in [0.2, 0.25) is 0 Å². The molecule has 0 saturated carbocycles. The Labute approximate surface area is 166 Å². The average Bonchev–Trinajstić information content (AvgIpc) is 2.63. The molecule has 2 aromatic rings. The van der Waals surface area contributed by atoms with Crippen LogP contribution in [0.25, 0.3) is 0 Å². The molecule has 2 aromatic carbocycles. The molecule has 10 heteroatoms. The van der Waals surface area contributed by atoms with E-state index in [0.29, 0.717) is 11.3 Å². The van der Waals surface area contributed by atoms with Crippen molar-refractivity contribution in [1.82, 2.24) is 0 Å². The number of nitrogens with one attached hydrogen (secondary N) is 2. The number of amides is 2. The van der Waals surface area contributed by atoms with Crippen molar-refractivity contribution < 1.29 is 31.6 Å². The zero-order valence-electron chi connectivity index (χ0n) is 16.0. The van der Waals surface area contributed by atoms with E-state index in [4.69, 9.17) is 9.05 Å². The molecule has 2 rings (SSSR count). The molecule has 0 aromatic heterocycles. The van der Waals surface area contributed by atoms with Crippen molar-refractivity contribution in [1.29, 1.82) is 0 Å².